The summed E-state index contributed by atoms with van der Waals surface area (Å²) in [6.45, 7) is 0.951. The monoisotopic (exact) mass is 336 g/mol. The molecule has 1 aromatic heterocycles. The van der Waals surface area contributed by atoms with Crippen LogP contribution in [0.2, 0.25) is 0 Å². The quantitative estimate of drug-likeness (QED) is 0.640. The van der Waals surface area contributed by atoms with E-state index in [0.717, 1.165) is 16.5 Å². The van der Waals surface area contributed by atoms with Crippen LogP contribution in [0.25, 0.3) is 22.0 Å². The molecule has 25 heavy (non-hydrogen) atoms. The summed E-state index contributed by atoms with van der Waals surface area (Å²) in [4.78, 5) is 23.6. The van der Waals surface area contributed by atoms with E-state index in [4.69, 9.17) is 5.73 Å². The first-order chi connectivity index (χ1) is 12.2. The molecule has 0 aliphatic carbocycles. The standard InChI is InChI=1S/C19H20N4O2/c20-10-4-9-17(24)21-12-13-5-3-6-14(11-13)18-15-7-1-2-8-16(15)19(25)23-22-18/h1-3,5-8,11H,4,9-10,12,20H2,(H,21,24)(H,23,25). The average molecular weight is 336 g/mol. The van der Waals surface area contributed by atoms with Crippen LogP contribution in [0.15, 0.2) is 53.3 Å². The van der Waals surface area contributed by atoms with Crippen molar-refractivity contribution in [3.8, 4) is 11.3 Å². The van der Waals surface area contributed by atoms with Gasteiger partial charge >= 0.3 is 0 Å². The van der Waals surface area contributed by atoms with Gasteiger partial charge in [-0.25, -0.2) is 5.10 Å². The first kappa shape index (κ1) is 16.9. The third-order valence-electron chi connectivity index (χ3n) is 3.99. The van der Waals surface area contributed by atoms with Gasteiger partial charge in [0, 0.05) is 23.9 Å². The zero-order valence-electron chi connectivity index (χ0n) is 13.8. The highest BCUT2D eigenvalue weighted by Crippen LogP contribution is 2.24. The van der Waals surface area contributed by atoms with Gasteiger partial charge in [0.05, 0.1) is 11.1 Å². The minimum absolute atomic E-state index is 0.0107. The normalized spacial score (nSPS) is 10.8. The number of benzene rings is 2. The van der Waals surface area contributed by atoms with Crippen molar-refractivity contribution in [3.63, 3.8) is 0 Å². The number of carbonyl (C=O) groups is 1. The van der Waals surface area contributed by atoms with Gasteiger partial charge in [0.1, 0.15) is 0 Å². The third kappa shape index (κ3) is 3.92. The molecule has 128 valence electrons. The molecule has 0 atom stereocenters. The second-order valence-electron chi connectivity index (χ2n) is 5.82. The first-order valence-electron chi connectivity index (χ1n) is 8.22. The van der Waals surface area contributed by atoms with Crippen LogP contribution in [-0.4, -0.2) is 22.6 Å². The maximum atomic E-state index is 11.9. The van der Waals surface area contributed by atoms with Crippen LogP contribution < -0.4 is 16.6 Å². The van der Waals surface area contributed by atoms with Gasteiger partial charge in [-0.05, 0) is 30.7 Å². The molecule has 0 spiro atoms. The fourth-order valence-electron chi connectivity index (χ4n) is 2.72. The van der Waals surface area contributed by atoms with Gasteiger partial charge in [0.2, 0.25) is 5.91 Å². The van der Waals surface area contributed by atoms with Gasteiger partial charge in [-0.3, -0.25) is 9.59 Å². The molecule has 2 aromatic carbocycles. The van der Waals surface area contributed by atoms with E-state index in [-0.39, 0.29) is 11.5 Å². The number of carbonyl (C=O) groups excluding carboxylic acids is 1. The number of amides is 1. The zero-order chi connectivity index (χ0) is 17.6. The maximum absolute atomic E-state index is 11.9. The average Bonchev–Trinajstić information content (AvgIpc) is 2.65. The second-order valence-corrected chi connectivity index (χ2v) is 5.82. The number of rotatable bonds is 6. The number of H-pyrrole nitrogens is 1. The van der Waals surface area contributed by atoms with Crippen molar-refractivity contribution >= 4 is 16.7 Å². The highest BCUT2D eigenvalue weighted by Gasteiger charge is 2.09. The Balaban J connectivity index is 1.86. The summed E-state index contributed by atoms with van der Waals surface area (Å²) in [7, 11) is 0. The van der Waals surface area contributed by atoms with Gasteiger partial charge in [-0.2, -0.15) is 5.10 Å². The molecule has 0 fully saturated rings. The zero-order valence-corrected chi connectivity index (χ0v) is 13.8. The summed E-state index contributed by atoms with van der Waals surface area (Å²) in [6, 6.07) is 15.1. The van der Waals surface area contributed by atoms with Crippen LogP contribution in [0.4, 0.5) is 0 Å². The van der Waals surface area contributed by atoms with E-state index in [9.17, 15) is 9.59 Å². The summed E-state index contributed by atoms with van der Waals surface area (Å²) < 4.78 is 0. The number of aromatic nitrogens is 2. The summed E-state index contributed by atoms with van der Waals surface area (Å²) in [5.74, 6) is -0.0107. The number of hydrogen-bond donors (Lipinski definition) is 3. The molecule has 3 rings (SSSR count). The predicted octanol–water partition coefficient (Wildman–Crippen LogP) is 1.95. The van der Waals surface area contributed by atoms with E-state index in [0.29, 0.717) is 37.0 Å². The largest absolute Gasteiger partial charge is 0.352 e. The molecule has 3 aromatic rings. The topological polar surface area (TPSA) is 101 Å². The van der Waals surface area contributed by atoms with Crippen molar-refractivity contribution in [2.24, 2.45) is 5.73 Å². The highest BCUT2D eigenvalue weighted by atomic mass is 16.1. The van der Waals surface area contributed by atoms with Crippen molar-refractivity contribution in [2.75, 3.05) is 6.54 Å². The van der Waals surface area contributed by atoms with Crippen molar-refractivity contribution in [2.45, 2.75) is 19.4 Å². The van der Waals surface area contributed by atoms with Crippen LogP contribution in [0.1, 0.15) is 18.4 Å². The summed E-state index contributed by atoms with van der Waals surface area (Å²) >= 11 is 0. The molecule has 6 heteroatoms. The number of fused-ring (bicyclic) bond motifs is 1. The Labute approximate surface area is 145 Å². The lowest BCUT2D eigenvalue weighted by Gasteiger charge is -2.08. The van der Waals surface area contributed by atoms with Crippen LogP contribution in [0.3, 0.4) is 0 Å². The summed E-state index contributed by atoms with van der Waals surface area (Å²) in [5, 5.41) is 11.1. The number of nitrogens with one attached hydrogen (secondary N) is 2. The lowest BCUT2D eigenvalue weighted by Crippen LogP contribution is -2.23. The second kappa shape index (κ2) is 7.72. The van der Waals surface area contributed by atoms with Crippen molar-refractivity contribution in [3.05, 3.63) is 64.4 Å². The Morgan fingerprint density at radius 2 is 1.92 bits per heavy atom. The van der Waals surface area contributed by atoms with Crippen molar-refractivity contribution in [1.29, 1.82) is 0 Å². The Morgan fingerprint density at radius 3 is 2.72 bits per heavy atom. The summed E-state index contributed by atoms with van der Waals surface area (Å²) in [5.41, 5.74) is 7.78. The molecule has 4 N–H and O–H groups in total. The number of nitrogens with two attached hydrogens (primary N) is 1. The van der Waals surface area contributed by atoms with Crippen LogP contribution in [-0.2, 0) is 11.3 Å². The molecule has 0 unspecified atom stereocenters. The number of hydrogen-bond acceptors (Lipinski definition) is 4. The molecule has 0 saturated heterocycles. The minimum atomic E-state index is -0.206. The van der Waals surface area contributed by atoms with E-state index in [2.05, 4.69) is 15.5 Å². The van der Waals surface area contributed by atoms with Gasteiger partial charge in [0.15, 0.2) is 0 Å². The molecule has 0 aliphatic rings. The van der Waals surface area contributed by atoms with Gasteiger partial charge in [-0.15, -0.1) is 0 Å². The van der Waals surface area contributed by atoms with Gasteiger partial charge in [0.25, 0.3) is 5.56 Å². The van der Waals surface area contributed by atoms with Crippen molar-refractivity contribution < 1.29 is 4.79 Å². The fraction of sp³-hybridized carbons (Fsp3) is 0.211. The number of nitrogens with zero attached hydrogens (tertiary/aromatic N) is 1. The Morgan fingerprint density at radius 1 is 1.12 bits per heavy atom. The lowest BCUT2D eigenvalue weighted by atomic mass is 10.0. The molecule has 0 radical (unpaired) electrons. The summed E-state index contributed by atoms with van der Waals surface area (Å²) in [6.07, 6.45) is 1.11. The van der Waals surface area contributed by atoms with Gasteiger partial charge in [-0.1, -0.05) is 36.4 Å². The third-order valence-corrected chi connectivity index (χ3v) is 3.99. The Kier molecular flexibility index (Phi) is 5.20. The molecular formula is C19H20N4O2. The smallest absolute Gasteiger partial charge is 0.272 e. The molecule has 6 nitrogen and oxygen atoms in total. The molecule has 1 amide bonds. The van der Waals surface area contributed by atoms with Crippen LogP contribution in [0, 0.1) is 0 Å². The fourth-order valence-corrected chi connectivity index (χ4v) is 2.72. The number of aromatic amines is 1. The van der Waals surface area contributed by atoms with Crippen molar-refractivity contribution in [1.82, 2.24) is 15.5 Å². The molecular weight excluding hydrogens is 316 g/mol. The molecule has 0 bridgehead atoms. The van der Waals surface area contributed by atoms with Gasteiger partial charge < -0.3 is 11.1 Å². The molecule has 0 aliphatic heterocycles. The SMILES string of the molecule is NCCCC(=O)NCc1cccc(-c2n[nH]c(=O)c3ccccc23)c1. The van der Waals surface area contributed by atoms with Crippen LogP contribution in [0.5, 0.6) is 0 Å². The van der Waals surface area contributed by atoms with E-state index in [1.165, 1.54) is 0 Å². The molecule has 0 saturated carbocycles. The predicted molar refractivity (Wildman–Crippen MR) is 97.9 cm³/mol. The van der Waals surface area contributed by atoms with E-state index in [1.54, 1.807) is 6.07 Å². The minimum Gasteiger partial charge on any atom is -0.352 e. The van der Waals surface area contributed by atoms with Crippen LogP contribution >= 0.6 is 0 Å². The van der Waals surface area contributed by atoms with E-state index >= 15 is 0 Å². The van der Waals surface area contributed by atoms with E-state index < -0.39 is 0 Å². The highest BCUT2D eigenvalue weighted by molar-refractivity contribution is 5.93. The first-order valence-corrected chi connectivity index (χ1v) is 8.22. The maximum Gasteiger partial charge on any atom is 0.272 e. The molecule has 1 heterocycles. The lowest BCUT2D eigenvalue weighted by molar-refractivity contribution is -0.121. The van der Waals surface area contributed by atoms with E-state index in [1.807, 2.05) is 42.5 Å². The Bertz CT molecular complexity index is 949. The Hall–Kier alpha value is -2.99.